The Balaban J connectivity index is 1.51. The molecule has 0 aliphatic carbocycles. The van der Waals surface area contributed by atoms with E-state index in [1.807, 2.05) is 12.1 Å². The molecule has 1 aliphatic rings. The van der Waals surface area contributed by atoms with Crippen molar-refractivity contribution in [1.82, 2.24) is 5.32 Å². The summed E-state index contributed by atoms with van der Waals surface area (Å²) in [5.74, 6) is -0.379. The molecule has 0 bridgehead atoms. The van der Waals surface area contributed by atoms with Gasteiger partial charge in [0, 0.05) is 25.3 Å². The van der Waals surface area contributed by atoms with Gasteiger partial charge in [-0.05, 0) is 62.1 Å². The Morgan fingerprint density at radius 2 is 1.79 bits per heavy atom. The molecule has 0 spiro atoms. The van der Waals surface area contributed by atoms with Crippen LogP contribution in [0, 0.1) is 0 Å². The highest BCUT2D eigenvalue weighted by Crippen LogP contribution is 2.31. The number of piperidine rings is 1. The van der Waals surface area contributed by atoms with Crippen molar-refractivity contribution in [3.05, 3.63) is 59.7 Å². The maximum absolute atomic E-state index is 12.8. The number of nitrogens with one attached hydrogen (secondary N) is 1. The second-order valence-corrected chi connectivity index (χ2v) is 7.22. The van der Waals surface area contributed by atoms with E-state index in [-0.39, 0.29) is 11.7 Å². The van der Waals surface area contributed by atoms with Crippen LogP contribution in [0.4, 0.5) is 18.9 Å². The van der Waals surface area contributed by atoms with Gasteiger partial charge in [0.15, 0.2) is 6.10 Å². The topological polar surface area (TPSA) is 41.6 Å². The van der Waals surface area contributed by atoms with Gasteiger partial charge in [0.1, 0.15) is 5.75 Å². The highest BCUT2D eigenvalue weighted by molar-refractivity contribution is 5.80. The van der Waals surface area contributed by atoms with Crippen LogP contribution < -0.4 is 15.0 Å². The molecule has 2 aromatic carbocycles. The minimum absolute atomic E-state index is 0.00774. The molecule has 7 heteroatoms. The normalized spacial score (nSPS) is 15.7. The fraction of sp³-hybridized carbons (Fsp3) is 0.409. The Morgan fingerprint density at radius 1 is 1.10 bits per heavy atom. The summed E-state index contributed by atoms with van der Waals surface area (Å²) in [4.78, 5) is 14.6. The standard InChI is InChI=1S/C22H25F3N2O2/c1-16(29-20-7-5-6-18(14-20)22(23,24)25)21(28)26-15-17-8-10-19(11-9-17)27-12-3-2-4-13-27/h5-11,14,16H,2-4,12-13,15H2,1H3,(H,26,28)/t16-/m0/s1. The zero-order chi connectivity index (χ0) is 20.9. The lowest BCUT2D eigenvalue weighted by Gasteiger charge is -2.28. The molecule has 1 heterocycles. The maximum Gasteiger partial charge on any atom is 0.416 e. The first kappa shape index (κ1) is 21.0. The third-order valence-corrected chi connectivity index (χ3v) is 4.97. The molecule has 1 aliphatic heterocycles. The van der Waals surface area contributed by atoms with E-state index in [0.29, 0.717) is 6.54 Å². The maximum atomic E-state index is 12.8. The van der Waals surface area contributed by atoms with Crippen LogP contribution in [-0.4, -0.2) is 25.1 Å². The van der Waals surface area contributed by atoms with E-state index in [0.717, 1.165) is 30.8 Å². The molecule has 1 fully saturated rings. The number of ether oxygens (including phenoxy) is 1. The Kier molecular flexibility index (Phi) is 6.67. The van der Waals surface area contributed by atoms with Crippen molar-refractivity contribution in [2.75, 3.05) is 18.0 Å². The molecule has 2 aromatic rings. The van der Waals surface area contributed by atoms with Crippen LogP contribution in [0.15, 0.2) is 48.5 Å². The highest BCUT2D eigenvalue weighted by atomic mass is 19.4. The molecule has 0 saturated carbocycles. The number of anilines is 1. The van der Waals surface area contributed by atoms with E-state index in [1.54, 1.807) is 0 Å². The minimum atomic E-state index is -4.45. The van der Waals surface area contributed by atoms with E-state index < -0.39 is 17.8 Å². The third-order valence-electron chi connectivity index (χ3n) is 4.97. The fourth-order valence-corrected chi connectivity index (χ4v) is 3.31. The summed E-state index contributed by atoms with van der Waals surface area (Å²) in [5, 5.41) is 2.76. The van der Waals surface area contributed by atoms with Crippen molar-refractivity contribution in [3.8, 4) is 5.75 Å². The predicted molar refractivity (Wildman–Crippen MR) is 106 cm³/mol. The van der Waals surface area contributed by atoms with Gasteiger partial charge in [0.25, 0.3) is 5.91 Å². The van der Waals surface area contributed by atoms with Crippen LogP contribution in [-0.2, 0) is 17.5 Å². The minimum Gasteiger partial charge on any atom is -0.481 e. The predicted octanol–water partition coefficient (Wildman–Crippen LogP) is 4.78. The van der Waals surface area contributed by atoms with Gasteiger partial charge in [-0.2, -0.15) is 13.2 Å². The summed E-state index contributed by atoms with van der Waals surface area (Å²) in [6.07, 6.45) is -1.67. The summed E-state index contributed by atoms with van der Waals surface area (Å²) >= 11 is 0. The van der Waals surface area contributed by atoms with E-state index in [2.05, 4.69) is 22.3 Å². The lowest BCUT2D eigenvalue weighted by molar-refractivity contribution is -0.137. The van der Waals surface area contributed by atoms with Gasteiger partial charge in [-0.15, -0.1) is 0 Å². The molecule has 1 saturated heterocycles. The number of benzene rings is 2. The summed E-state index contributed by atoms with van der Waals surface area (Å²) in [6.45, 7) is 3.98. The number of hydrogen-bond acceptors (Lipinski definition) is 3. The Labute approximate surface area is 168 Å². The van der Waals surface area contributed by atoms with Crippen molar-refractivity contribution in [1.29, 1.82) is 0 Å². The molecule has 1 amide bonds. The first-order valence-electron chi connectivity index (χ1n) is 9.78. The summed E-state index contributed by atoms with van der Waals surface area (Å²) in [5.41, 5.74) is 1.32. The van der Waals surface area contributed by atoms with Gasteiger partial charge in [-0.25, -0.2) is 0 Å². The molecule has 3 rings (SSSR count). The monoisotopic (exact) mass is 406 g/mol. The Morgan fingerprint density at radius 3 is 2.45 bits per heavy atom. The lowest BCUT2D eigenvalue weighted by atomic mass is 10.1. The van der Waals surface area contributed by atoms with Gasteiger partial charge in [0.05, 0.1) is 5.56 Å². The van der Waals surface area contributed by atoms with Crippen LogP contribution in [0.1, 0.15) is 37.3 Å². The molecule has 1 N–H and O–H groups in total. The highest BCUT2D eigenvalue weighted by Gasteiger charge is 2.30. The summed E-state index contributed by atoms with van der Waals surface area (Å²) < 4.78 is 43.7. The van der Waals surface area contributed by atoms with Gasteiger partial charge < -0.3 is 15.0 Å². The van der Waals surface area contributed by atoms with Crippen LogP contribution in [0.25, 0.3) is 0 Å². The van der Waals surface area contributed by atoms with Gasteiger partial charge >= 0.3 is 6.18 Å². The van der Waals surface area contributed by atoms with Gasteiger partial charge in [-0.3, -0.25) is 4.79 Å². The molecule has 0 unspecified atom stereocenters. The molecule has 1 atom stereocenters. The number of nitrogens with zero attached hydrogens (tertiary/aromatic N) is 1. The van der Waals surface area contributed by atoms with Crippen molar-refractivity contribution < 1.29 is 22.7 Å². The van der Waals surface area contributed by atoms with Crippen molar-refractivity contribution in [3.63, 3.8) is 0 Å². The second kappa shape index (κ2) is 9.20. The number of rotatable bonds is 6. The van der Waals surface area contributed by atoms with Gasteiger partial charge in [-0.1, -0.05) is 18.2 Å². The number of alkyl halides is 3. The molecule has 29 heavy (non-hydrogen) atoms. The van der Waals surface area contributed by atoms with Crippen LogP contribution >= 0.6 is 0 Å². The Hall–Kier alpha value is -2.70. The van der Waals surface area contributed by atoms with Crippen LogP contribution in [0.2, 0.25) is 0 Å². The summed E-state index contributed by atoms with van der Waals surface area (Å²) in [7, 11) is 0. The third kappa shape index (κ3) is 5.89. The van der Waals surface area contributed by atoms with Crippen LogP contribution in [0.3, 0.4) is 0 Å². The molecule has 0 aromatic heterocycles. The van der Waals surface area contributed by atoms with E-state index in [4.69, 9.17) is 4.74 Å². The van der Waals surface area contributed by atoms with Gasteiger partial charge in [0.2, 0.25) is 0 Å². The SMILES string of the molecule is C[C@H](Oc1cccc(C(F)(F)F)c1)C(=O)NCc1ccc(N2CCCCC2)cc1. The van der Waals surface area contributed by atoms with Crippen molar-refractivity contribution in [2.45, 2.75) is 45.0 Å². The molecule has 156 valence electrons. The number of amides is 1. The average Bonchev–Trinajstić information content (AvgIpc) is 2.72. The average molecular weight is 406 g/mol. The number of hydrogen-bond donors (Lipinski definition) is 1. The fourth-order valence-electron chi connectivity index (χ4n) is 3.31. The largest absolute Gasteiger partial charge is 0.481 e. The quantitative estimate of drug-likeness (QED) is 0.751. The molecule has 4 nitrogen and oxygen atoms in total. The van der Waals surface area contributed by atoms with E-state index in [9.17, 15) is 18.0 Å². The molecule has 0 radical (unpaired) electrons. The number of carbonyl (C=O) groups excluding carboxylic acids is 1. The number of halogens is 3. The van der Waals surface area contributed by atoms with E-state index in [1.165, 1.54) is 44.0 Å². The smallest absolute Gasteiger partial charge is 0.416 e. The number of carbonyl (C=O) groups is 1. The molecular weight excluding hydrogens is 381 g/mol. The molecular formula is C22H25F3N2O2. The van der Waals surface area contributed by atoms with Crippen molar-refractivity contribution in [2.24, 2.45) is 0 Å². The van der Waals surface area contributed by atoms with Crippen molar-refractivity contribution >= 4 is 11.6 Å². The van der Waals surface area contributed by atoms with Crippen LogP contribution in [0.5, 0.6) is 5.75 Å². The Bertz CT molecular complexity index is 816. The van der Waals surface area contributed by atoms with E-state index >= 15 is 0 Å². The zero-order valence-corrected chi connectivity index (χ0v) is 16.3. The first-order chi connectivity index (χ1) is 13.8. The lowest BCUT2D eigenvalue weighted by Crippen LogP contribution is -2.36. The zero-order valence-electron chi connectivity index (χ0n) is 16.3. The summed E-state index contributed by atoms with van der Waals surface area (Å²) in [6, 6.07) is 12.6. The first-order valence-corrected chi connectivity index (χ1v) is 9.78. The second-order valence-electron chi connectivity index (χ2n) is 7.22.